The standard InChI is InChI=1S/C14H21NO3/c1-4-17-14(16)10(3)15-8-11-5-6-13(18-11)12-7-9(12)2/h5-6,9-10,12,15H,4,7-8H2,1-3H3. The summed E-state index contributed by atoms with van der Waals surface area (Å²) in [6.45, 7) is 6.80. The van der Waals surface area contributed by atoms with Crippen LogP contribution in [0.25, 0.3) is 0 Å². The van der Waals surface area contributed by atoms with Gasteiger partial charge in [-0.3, -0.25) is 10.1 Å². The molecule has 1 aliphatic rings. The van der Waals surface area contributed by atoms with Crippen LogP contribution >= 0.6 is 0 Å². The first-order chi connectivity index (χ1) is 8.61. The predicted octanol–water partition coefficient (Wildman–Crippen LogP) is 2.44. The molecule has 0 spiro atoms. The van der Waals surface area contributed by atoms with Crippen LogP contribution in [0.5, 0.6) is 0 Å². The fourth-order valence-corrected chi connectivity index (χ4v) is 2.01. The lowest BCUT2D eigenvalue weighted by molar-refractivity contribution is -0.145. The first kappa shape index (κ1) is 13.1. The van der Waals surface area contributed by atoms with Crippen LogP contribution in [0.2, 0.25) is 0 Å². The van der Waals surface area contributed by atoms with Gasteiger partial charge in [0, 0.05) is 5.92 Å². The Morgan fingerprint density at radius 2 is 2.33 bits per heavy atom. The molecule has 1 fully saturated rings. The number of esters is 1. The molecule has 4 heteroatoms. The largest absolute Gasteiger partial charge is 0.465 e. The van der Waals surface area contributed by atoms with E-state index in [0.29, 0.717) is 19.1 Å². The van der Waals surface area contributed by atoms with Crippen molar-refractivity contribution >= 4 is 5.97 Å². The van der Waals surface area contributed by atoms with Gasteiger partial charge in [-0.15, -0.1) is 0 Å². The van der Waals surface area contributed by atoms with Gasteiger partial charge in [-0.05, 0) is 38.3 Å². The zero-order valence-corrected chi connectivity index (χ0v) is 11.2. The Hall–Kier alpha value is -1.29. The summed E-state index contributed by atoms with van der Waals surface area (Å²) in [4.78, 5) is 11.4. The second kappa shape index (κ2) is 5.57. The normalized spacial score (nSPS) is 23.7. The SMILES string of the molecule is CCOC(=O)C(C)NCc1ccc(C2CC2C)o1. The highest BCUT2D eigenvalue weighted by Crippen LogP contribution is 2.47. The number of hydrogen-bond acceptors (Lipinski definition) is 4. The monoisotopic (exact) mass is 251 g/mol. The summed E-state index contributed by atoms with van der Waals surface area (Å²) in [5.74, 6) is 3.07. The highest BCUT2D eigenvalue weighted by molar-refractivity contribution is 5.75. The average Bonchev–Trinajstić information content (AvgIpc) is 2.91. The van der Waals surface area contributed by atoms with Crippen molar-refractivity contribution in [3.05, 3.63) is 23.7 Å². The zero-order chi connectivity index (χ0) is 13.1. The maximum Gasteiger partial charge on any atom is 0.322 e. The highest BCUT2D eigenvalue weighted by atomic mass is 16.5. The summed E-state index contributed by atoms with van der Waals surface area (Å²) < 4.78 is 10.7. The van der Waals surface area contributed by atoms with Gasteiger partial charge in [-0.25, -0.2) is 0 Å². The van der Waals surface area contributed by atoms with Crippen molar-refractivity contribution in [2.75, 3.05) is 6.61 Å². The molecule has 3 atom stereocenters. The third-order valence-corrected chi connectivity index (χ3v) is 3.38. The number of furan rings is 1. The van der Waals surface area contributed by atoms with E-state index in [1.54, 1.807) is 13.8 Å². The maximum atomic E-state index is 11.4. The number of nitrogens with one attached hydrogen (secondary N) is 1. The summed E-state index contributed by atoms with van der Waals surface area (Å²) in [7, 11) is 0. The first-order valence-corrected chi connectivity index (χ1v) is 6.60. The van der Waals surface area contributed by atoms with Gasteiger partial charge < -0.3 is 9.15 Å². The molecule has 1 aromatic rings. The Labute approximate surface area is 108 Å². The van der Waals surface area contributed by atoms with E-state index in [-0.39, 0.29) is 12.0 Å². The first-order valence-electron chi connectivity index (χ1n) is 6.60. The van der Waals surface area contributed by atoms with Crippen molar-refractivity contribution < 1.29 is 13.9 Å². The highest BCUT2D eigenvalue weighted by Gasteiger charge is 2.36. The van der Waals surface area contributed by atoms with Crippen molar-refractivity contribution in [1.82, 2.24) is 5.32 Å². The van der Waals surface area contributed by atoms with Crippen LogP contribution in [-0.4, -0.2) is 18.6 Å². The van der Waals surface area contributed by atoms with Crippen LogP contribution in [0, 0.1) is 5.92 Å². The number of hydrogen-bond donors (Lipinski definition) is 1. The van der Waals surface area contributed by atoms with E-state index in [9.17, 15) is 4.79 Å². The van der Waals surface area contributed by atoms with Gasteiger partial charge in [-0.1, -0.05) is 6.92 Å². The Balaban J connectivity index is 1.79. The molecule has 4 nitrogen and oxygen atoms in total. The molecule has 1 heterocycles. The lowest BCUT2D eigenvalue weighted by Crippen LogP contribution is -2.34. The van der Waals surface area contributed by atoms with Crippen molar-refractivity contribution in [3.63, 3.8) is 0 Å². The van der Waals surface area contributed by atoms with Gasteiger partial charge in [0.1, 0.15) is 17.6 Å². The summed E-state index contributed by atoms with van der Waals surface area (Å²) in [5, 5.41) is 3.10. The van der Waals surface area contributed by atoms with Crippen molar-refractivity contribution in [2.45, 2.75) is 45.7 Å². The van der Waals surface area contributed by atoms with Crippen LogP contribution in [-0.2, 0) is 16.1 Å². The van der Waals surface area contributed by atoms with Crippen LogP contribution in [0.15, 0.2) is 16.5 Å². The number of ether oxygens (including phenoxy) is 1. The molecule has 0 aromatic carbocycles. The van der Waals surface area contributed by atoms with Gasteiger partial charge in [0.25, 0.3) is 0 Å². The zero-order valence-electron chi connectivity index (χ0n) is 11.2. The van der Waals surface area contributed by atoms with E-state index in [4.69, 9.17) is 9.15 Å². The minimum atomic E-state index is -0.307. The lowest BCUT2D eigenvalue weighted by atomic mass is 10.3. The van der Waals surface area contributed by atoms with Crippen LogP contribution in [0.4, 0.5) is 0 Å². The second-order valence-corrected chi connectivity index (χ2v) is 4.98. The average molecular weight is 251 g/mol. The third-order valence-electron chi connectivity index (χ3n) is 3.38. The van der Waals surface area contributed by atoms with Crippen molar-refractivity contribution in [2.24, 2.45) is 5.92 Å². The molecule has 1 aliphatic carbocycles. The van der Waals surface area contributed by atoms with E-state index in [1.165, 1.54) is 6.42 Å². The summed E-state index contributed by atoms with van der Waals surface area (Å²) in [5.41, 5.74) is 0. The number of rotatable bonds is 6. The van der Waals surface area contributed by atoms with Crippen LogP contribution < -0.4 is 5.32 Å². The quantitative estimate of drug-likeness (QED) is 0.789. The van der Waals surface area contributed by atoms with E-state index in [2.05, 4.69) is 12.2 Å². The Morgan fingerprint density at radius 3 is 2.94 bits per heavy atom. The molecule has 100 valence electrons. The molecule has 2 rings (SSSR count). The maximum absolute atomic E-state index is 11.4. The molecular weight excluding hydrogens is 230 g/mol. The molecule has 1 N–H and O–H groups in total. The Morgan fingerprint density at radius 1 is 1.61 bits per heavy atom. The van der Waals surface area contributed by atoms with Crippen molar-refractivity contribution in [3.8, 4) is 0 Å². The Bertz CT molecular complexity index is 413. The molecular formula is C14H21NO3. The van der Waals surface area contributed by atoms with Crippen LogP contribution in [0.1, 0.15) is 44.6 Å². The fraction of sp³-hybridized carbons (Fsp3) is 0.643. The smallest absolute Gasteiger partial charge is 0.322 e. The van der Waals surface area contributed by atoms with Gasteiger partial charge in [0.2, 0.25) is 0 Å². The van der Waals surface area contributed by atoms with Gasteiger partial charge >= 0.3 is 5.97 Å². The molecule has 3 unspecified atom stereocenters. The Kier molecular flexibility index (Phi) is 4.07. The molecule has 0 saturated heterocycles. The molecule has 1 aromatic heterocycles. The van der Waals surface area contributed by atoms with Gasteiger partial charge in [-0.2, -0.15) is 0 Å². The molecule has 0 amide bonds. The van der Waals surface area contributed by atoms with E-state index < -0.39 is 0 Å². The topological polar surface area (TPSA) is 51.5 Å². The lowest BCUT2D eigenvalue weighted by Gasteiger charge is -2.11. The third kappa shape index (κ3) is 3.13. The van der Waals surface area contributed by atoms with E-state index in [0.717, 1.165) is 17.4 Å². The summed E-state index contributed by atoms with van der Waals surface area (Å²) >= 11 is 0. The number of carbonyl (C=O) groups excluding carboxylic acids is 1. The molecule has 0 aliphatic heterocycles. The molecule has 1 saturated carbocycles. The fourth-order valence-electron chi connectivity index (χ4n) is 2.01. The number of carbonyl (C=O) groups is 1. The molecule has 0 radical (unpaired) electrons. The van der Waals surface area contributed by atoms with E-state index >= 15 is 0 Å². The predicted molar refractivity (Wildman–Crippen MR) is 68.2 cm³/mol. The minimum Gasteiger partial charge on any atom is -0.465 e. The van der Waals surface area contributed by atoms with E-state index in [1.807, 2.05) is 12.1 Å². The molecule has 18 heavy (non-hydrogen) atoms. The minimum absolute atomic E-state index is 0.222. The van der Waals surface area contributed by atoms with Crippen LogP contribution in [0.3, 0.4) is 0 Å². The second-order valence-electron chi connectivity index (χ2n) is 4.98. The summed E-state index contributed by atoms with van der Waals surface area (Å²) in [6, 6.07) is 3.71. The molecule has 0 bridgehead atoms. The van der Waals surface area contributed by atoms with Crippen molar-refractivity contribution in [1.29, 1.82) is 0 Å². The van der Waals surface area contributed by atoms with Gasteiger partial charge in [0.05, 0.1) is 13.2 Å². The summed E-state index contributed by atoms with van der Waals surface area (Å²) in [6.07, 6.45) is 1.22. The van der Waals surface area contributed by atoms with Gasteiger partial charge in [0.15, 0.2) is 0 Å².